The van der Waals surface area contributed by atoms with Crippen molar-refractivity contribution < 1.29 is 9.15 Å². The summed E-state index contributed by atoms with van der Waals surface area (Å²) in [7, 11) is 0. The van der Waals surface area contributed by atoms with E-state index >= 15 is 0 Å². The number of hydrogen-bond donors (Lipinski definition) is 0. The largest absolute Gasteiger partial charge is 0.488 e. The normalized spacial score (nSPS) is 10.8. The number of halogens is 1. The van der Waals surface area contributed by atoms with Crippen LogP contribution < -0.4 is 4.74 Å². The van der Waals surface area contributed by atoms with Gasteiger partial charge in [0.15, 0.2) is 0 Å². The lowest BCUT2D eigenvalue weighted by atomic mass is 10.2. The summed E-state index contributed by atoms with van der Waals surface area (Å²) in [6.07, 6.45) is 1.67. The van der Waals surface area contributed by atoms with Gasteiger partial charge in [-0.3, -0.25) is 0 Å². The minimum absolute atomic E-state index is 0.336. The maximum Gasteiger partial charge on any atom is 0.237 e. The Morgan fingerprint density at radius 2 is 1.96 bits per heavy atom. The lowest BCUT2D eigenvalue weighted by Gasteiger charge is -2.08. The molecule has 2 aromatic carbocycles. The molecule has 26 heavy (non-hydrogen) atoms. The molecule has 0 unspecified atom stereocenters. The number of hydrogen-bond acceptors (Lipinski definition) is 4. The maximum absolute atomic E-state index is 9.24. The summed E-state index contributed by atoms with van der Waals surface area (Å²) in [6.45, 7) is 4.18. The van der Waals surface area contributed by atoms with E-state index in [1.165, 1.54) is 0 Å². The van der Waals surface area contributed by atoms with Gasteiger partial charge in [0.25, 0.3) is 0 Å². The number of aliphatic imine (C=N–C) groups is 1. The Morgan fingerprint density at radius 1 is 1.19 bits per heavy atom. The van der Waals surface area contributed by atoms with Crippen molar-refractivity contribution in [1.82, 2.24) is 0 Å². The molecule has 0 spiro atoms. The summed E-state index contributed by atoms with van der Waals surface area (Å²) in [5.74, 6) is 1.80. The van der Waals surface area contributed by atoms with Gasteiger partial charge in [0.1, 0.15) is 29.7 Å². The van der Waals surface area contributed by atoms with Crippen LogP contribution in [0.3, 0.4) is 0 Å². The van der Waals surface area contributed by atoms with Crippen LogP contribution >= 0.6 is 15.9 Å². The zero-order valence-corrected chi connectivity index (χ0v) is 16.1. The van der Waals surface area contributed by atoms with E-state index in [1.54, 1.807) is 6.21 Å². The molecule has 0 aliphatic carbocycles. The van der Waals surface area contributed by atoms with Crippen molar-refractivity contribution in [3.05, 3.63) is 81.0 Å². The van der Waals surface area contributed by atoms with Crippen LogP contribution in [-0.4, -0.2) is 6.21 Å². The SMILES string of the molecule is Cc1oc(N=Cc2ccc(OCc3ccccc3)c(Br)c2)c(C#N)c1C. The average molecular weight is 409 g/mol. The first-order chi connectivity index (χ1) is 12.6. The maximum atomic E-state index is 9.24. The molecule has 0 N–H and O–H groups in total. The summed E-state index contributed by atoms with van der Waals surface area (Å²) < 4.78 is 12.2. The third kappa shape index (κ3) is 4.04. The van der Waals surface area contributed by atoms with E-state index in [0.717, 1.165) is 26.9 Å². The second kappa shape index (κ2) is 8.03. The summed E-state index contributed by atoms with van der Waals surface area (Å²) in [5.41, 5.74) is 3.28. The van der Waals surface area contributed by atoms with Crippen molar-refractivity contribution in [2.45, 2.75) is 20.5 Å². The summed E-state index contributed by atoms with van der Waals surface area (Å²) in [4.78, 5) is 4.32. The number of rotatable bonds is 5. The Hall–Kier alpha value is -2.84. The van der Waals surface area contributed by atoms with Gasteiger partial charge in [-0.2, -0.15) is 5.26 Å². The molecule has 0 saturated carbocycles. The third-order valence-corrected chi connectivity index (χ3v) is 4.62. The van der Waals surface area contributed by atoms with Crippen LogP contribution in [0.15, 0.2) is 62.4 Å². The molecule has 0 saturated heterocycles. The predicted molar refractivity (Wildman–Crippen MR) is 105 cm³/mol. The number of furan rings is 1. The van der Waals surface area contributed by atoms with Crippen LogP contribution in [0.25, 0.3) is 0 Å². The Balaban J connectivity index is 1.73. The minimum atomic E-state index is 0.336. The van der Waals surface area contributed by atoms with Gasteiger partial charge in [-0.05, 0) is 59.1 Å². The summed E-state index contributed by atoms with van der Waals surface area (Å²) in [5, 5.41) is 9.24. The first-order valence-corrected chi connectivity index (χ1v) is 8.88. The van der Waals surface area contributed by atoms with Crippen LogP contribution in [0, 0.1) is 25.2 Å². The van der Waals surface area contributed by atoms with Crippen molar-refractivity contribution in [2.75, 3.05) is 0 Å². The number of nitrogens with zero attached hydrogens (tertiary/aromatic N) is 2. The fourth-order valence-electron chi connectivity index (χ4n) is 2.41. The molecule has 0 radical (unpaired) electrons. The topological polar surface area (TPSA) is 58.5 Å². The number of aryl methyl sites for hydroxylation is 1. The van der Waals surface area contributed by atoms with E-state index in [9.17, 15) is 5.26 Å². The fraction of sp³-hybridized carbons (Fsp3) is 0.143. The zero-order valence-electron chi connectivity index (χ0n) is 14.5. The minimum Gasteiger partial charge on any atom is -0.488 e. The number of ether oxygens (including phenoxy) is 1. The molecule has 0 fully saturated rings. The first kappa shape index (κ1) is 18.0. The zero-order chi connectivity index (χ0) is 18.5. The molecule has 130 valence electrons. The number of nitriles is 1. The third-order valence-electron chi connectivity index (χ3n) is 4.00. The highest BCUT2D eigenvalue weighted by Gasteiger charge is 2.13. The summed E-state index contributed by atoms with van der Waals surface area (Å²) in [6, 6.07) is 17.8. The molecular weight excluding hydrogens is 392 g/mol. The lowest BCUT2D eigenvalue weighted by molar-refractivity contribution is 0.304. The van der Waals surface area contributed by atoms with Gasteiger partial charge in [0.2, 0.25) is 5.88 Å². The van der Waals surface area contributed by atoms with Gasteiger partial charge in [0, 0.05) is 11.8 Å². The average Bonchev–Trinajstić information content (AvgIpc) is 2.93. The van der Waals surface area contributed by atoms with E-state index in [4.69, 9.17) is 9.15 Å². The van der Waals surface area contributed by atoms with Crippen molar-refractivity contribution in [2.24, 2.45) is 4.99 Å². The van der Waals surface area contributed by atoms with E-state index in [0.29, 0.717) is 23.8 Å². The highest BCUT2D eigenvalue weighted by Crippen LogP contribution is 2.29. The standard InChI is InChI=1S/C21H17BrN2O2/c1-14-15(2)26-21(18(14)11-23)24-12-17-8-9-20(19(22)10-17)25-13-16-6-4-3-5-7-16/h3-10,12H,13H2,1-2H3. The monoisotopic (exact) mass is 408 g/mol. The van der Waals surface area contributed by atoms with Gasteiger partial charge >= 0.3 is 0 Å². The van der Waals surface area contributed by atoms with Gasteiger partial charge in [-0.15, -0.1) is 0 Å². The summed E-state index contributed by atoms with van der Waals surface area (Å²) >= 11 is 3.53. The van der Waals surface area contributed by atoms with Crippen molar-refractivity contribution >= 4 is 28.0 Å². The van der Waals surface area contributed by atoms with Crippen LogP contribution in [-0.2, 0) is 6.61 Å². The van der Waals surface area contributed by atoms with Gasteiger partial charge in [0.05, 0.1) is 4.47 Å². The van der Waals surface area contributed by atoms with Crippen LogP contribution in [0.1, 0.15) is 28.0 Å². The van der Waals surface area contributed by atoms with Crippen molar-refractivity contribution in [3.8, 4) is 11.8 Å². The Morgan fingerprint density at radius 3 is 2.65 bits per heavy atom. The Labute approximate surface area is 160 Å². The molecule has 0 aliphatic heterocycles. The smallest absolute Gasteiger partial charge is 0.237 e. The molecule has 3 rings (SSSR count). The van der Waals surface area contributed by atoms with Crippen LogP contribution in [0.2, 0.25) is 0 Å². The molecule has 0 bridgehead atoms. The second-order valence-electron chi connectivity index (χ2n) is 5.80. The molecule has 1 heterocycles. The first-order valence-electron chi connectivity index (χ1n) is 8.09. The fourth-order valence-corrected chi connectivity index (χ4v) is 2.93. The van der Waals surface area contributed by atoms with Crippen LogP contribution in [0.5, 0.6) is 5.75 Å². The highest BCUT2D eigenvalue weighted by atomic mass is 79.9. The highest BCUT2D eigenvalue weighted by molar-refractivity contribution is 9.10. The van der Waals surface area contributed by atoms with Gasteiger partial charge in [-0.1, -0.05) is 30.3 Å². The van der Waals surface area contributed by atoms with E-state index in [2.05, 4.69) is 27.0 Å². The molecule has 1 aromatic heterocycles. The van der Waals surface area contributed by atoms with E-state index < -0.39 is 0 Å². The van der Waals surface area contributed by atoms with Crippen LogP contribution in [0.4, 0.5) is 5.88 Å². The van der Waals surface area contributed by atoms with E-state index in [-0.39, 0.29) is 0 Å². The molecular formula is C21H17BrN2O2. The molecule has 0 atom stereocenters. The molecule has 5 heteroatoms. The molecule has 4 nitrogen and oxygen atoms in total. The van der Waals surface area contributed by atoms with E-state index in [1.807, 2.05) is 62.4 Å². The second-order valence-corrected chi connectivity index (χ2v) is 6.65. The molecule has 3 aromatic rings. The van der Waals surface area contributed by atoms with Crippen molar-refractivity contribution in [3.63, 3.8) is 0 Å². The quantitative estimate of drug-likeness (QED) is 0.496. The Kier molecular flexibility index (Phi) is 5.55. The predicted octanol–water partition coefficient (Wildman–Crippen LogP) is 5.86. The van der Waals surface area contributed by atoms with Gasteiger partial charge < -0.3 is 9.15 Å². The van der Waals surface area contributed by atoms with Crippen molar-refractivity contribution in [1.29, 1.82) is 5.26 Å². The number of benzene rings is 2. The van der Waals surface area contributed by atoms with Gasteiger partial charge in [-0.25, -0.2) is 4.99 Å². The molecule has 0 aliphatic rings. The Bertz CT molecular complexity index is 985. The lowest BCUT2D eigenvalue weighted by Crippen LogP contribution is -1.96. The molecule has 0 amide bonds.